The molecule has 0 spiro atoms. The van der Waals surface area contributed by atoms with Crippen LogP contribution in [0.4, 0.5) is 5.69 Å². The number of nitrogens with one attached hydrogen (secondary N) is 1. The number of amides is 1. The number of nitro groups is 1. The molecule has 4 aromatic rings. The third-order valence-electron chi connectivity index (χ3n) is 5.61. The van der Waals surface area contributed by atoms with Crippen molar-refractivity contribution < 1.29 is 9.72 Å². The maximum absolute atomic E-state index is 13.4. The number of rotatable bonds is 5. The lowest BCUT2D eigenvalue weighted by Gasteiger charge is -2.26. The average molecular weight is 445 g/mol. The normalized spacial score (nSPS) is 15.1. The Hall–Kier alpha value is -3.97. The number of halogens is 1. The zero-order valence-electron chi connectivity index (χ0n) is 16.7. The number of hydrogen-bond acceptors (Lipinski definition) is 4. The second-order valence-corrected chi connectivity index (χ2v) is 7.91. The Labute approximate surface area is 188 Å². The molecule has 5 rings (SSSR count). The predicted molar refractivity (Wildman–Crippen MR) is 120 cm³/mol. The van der Waals surface area contributed by atoms with Gasteiger partial charge in [0.05, 0.1) is 16.7 Å². The van der Waals surface area contributed by atoms with Crippen molar-refractivity contribution in [2.24, 2.45) is 0 Å². The largest absolute Gasteiger partial charge is 0.322 e. The molecule has 2 heterocycles. The molecule has 7 nitrogen and oxygen atoms in total. The van der Waals surface area contributed by atoms with Crippen LogP contribution in [0, 0.1) is 10.1 Å². The summed E-state index contributed by atoms with van der Waals surface area (Å²) in [5.74, 6) is -0.230. The quantitative estimate of drug-likeness (QED) is 0.330. The molecule has 1 amide bonds. The summed E-state index contributed by atoms with van der Waals surface area (Å²) in [4.78, 5) is 26.1. The van der Waals surface area contributed by atoms with Crippen LogP contribution in [0.3, 0.4) is 0 Å². The zero-order valence-corrected chi connectivity index (χ0v) is 17.5. The maximum atomic E-state index is 13.4. The Morgan fingerprint density at radius 3 is 2.53 bits per heavy atom. The van der Waals surface area contributed by atoms with Gasteiger partial charge in [0.1, 0.15) is 5.69 Å². The van der Waals surface area contributed by atoms with Crippen LogP contribution in [0.15, 0.2) is 78.9 Å². The van der Waals surface area contributed by atoms with Crippen molar-refractivity contribution in [2.45, 2.75) is 12.6 Å². The number of hydrogen-bond donors (Lipinski definition) is 1. The SMILES string of the molecule is O=C1c2[nH]nc(-c3ccccc3)c2C(c2cccc([N+](=O)[O-])c2)N1Cc1ccccc1Cl. The van der Waals surface area contributed by atoms with Gasteiger partial charge in [0.2, 0.25) is 0 Å². The zero-order chi connectivity index (χ0) is 22.2. The van der Waals surface area contributed by atoms with E-state index in [1.165, 1.54) is 12.1 Å². The van der Waals surface area contributed by atoms with Crippen molar-refractivity contribution in [3.8, 4) is 11.3 Å². The van der Waals surface area contributed by atoms with Gasteiger partial charge >= 0.3 is 0 Å². The molecule has 0 radical (unpaired) electrons. The van der Waals surface area contributed by atoms with Crippen LogP contribution in [0.1, 0.15) is 33.2 Å². The van der Waals surface area contributed by atoms with Crippen LogP contribution in [0.2, 0.25) is 5.02 Å². The van der Waals surface area contributed by atoms with Gasteiger partial charge in [0.15, 0.2) is 0 Å². The van der Waals surface area contributed by atoms with Crippen molar-refractivity contribution in [2.75, 3.05) is 0 Å². The highest BCUT2D eigenvalue weighted by Crippen LogP contribution is 2.44. The number of carbonyl (C=O) groups is 1. The molecule has 0 saturated heterocycles. The van der Waals surface area contributed by atoms with Gasteiger partial charge in [-0.15, -0.1) is 0 Å². The van der Waals surface area contributed by atoms with E-state index in [1.807, 2.05) is 48.5 Å². The third kappa shape index (κ3) is 3.33. The highest BCUT2D eigenvalue weighted by Gasteiger charge is 2.42. The van der Waals surface area contributed by atoms with Gasteiger partial charge in [0.25, 0.3) is 11.6 Å². The van der Waals surface area contributed by atoms with Gasteiger partial charge in [-0.1, -0.05) is 72.3 Å². The lowest BCUT2D eigenvalue weighted by atomic mass is 9.95. The Bertz CT molecular complexity index is 1340. The molecule has 0 aliphatic carbocycles. The van der Waals surface area contributed by atoms with Crippen molar-refractivity contribution in [1.29, 1.82) is 0 Å². The topological polar surface area (TPSA) is 92.1 Å². The fourth-order valence-corrected chi connectivity index (χ4v) is 4.34. The van der Waals surface area contributed by atoms with E-state index in [4.69, 9.17) is 11.6 Å². The minimum Gasteiger partial charge on any atom is -0.322 e. The summed E-state index contributed by atoms with van der Waals surface area (Å²) in [6.45, 7) is 0.253. The van der Waals surface area contributed by atoms with Crippen molar-refractivity contribution in [1.82, 2.24) is 15.1 Å². The van der Waals surface area contributed by atoms with E-state index < -0.39 is 11.0 Å². The van der Waals surface area contributed by atoms with Gasteiger partial charge in [-0.05, 0) is 17.2 Å². The highest BCUT2D eigenvalue weighted by molar-refractivity contribution is 6.31. The fraction of sp³-hybridized carbons (Fsp3) is 0.0833. The molecule has 0 fully saturated rings. The number of nitro benzene ring substituents is 1. The van der Waals surface area contributed by atoms with E-state index in [9.17, 15) is 14.9 Å². The minimum atomic E-state index is -0.553. The van der Waals surface area contributed by atoms with Crippen molar-refractivity contribution >= 4 is 23.2 Å². The fourth-order valence-electron chi connectivity index (χ4n) is 4.14. The van der Waals surface area contributed by atoms with Gasteiger partial charge in [0, 0.05) is 34.8 Å². The smallest absolute Gasteiger partial charge is 0.273 e. The molecule has 1 unspecified atom stereocenters. The monoisotopic (exact) mass is 444 g/mol. The molecule has 1 atom stereocenters. The second-order valence-electron chi connectivity index (χ2n) is 7.51. The molecular weight excluding hydrogens is 428 g/mol. The Morgan fingerprint density at radius 1 is 1.03 bits per heavy atom. The maximum Gasteiger partial charge on any atom is 0.273 e. The van der Waals surface area contributed by atoms with Gasteiger partial charge in [-0.25, -0.2) is 0 Å². The number of H-pyrrole nitrogens is 1. The molecule has 3 aromatic carbocycles. The molecular formula is C24H17ClN4O3. The van der Waals surface area contributed by atoms with Crippen LogP contribution in [0.25, 0.3) is 11.3 Å². The molecule has 32 heavy (non-hydrogen) atoms. The van der Waals surface area contributed by atoms with E-state index in [1.54, 1.807) is 23.1 Å². The summed E-state index contributed by atoms with van der Waals surface area (Å²) in [6, 6.07) is 22.7. The van der Waals surface area contributed by atoms with Gasteiger partial charge in [-0.2, -0.15) is 5.10 Å². The lowest BCUT2D eigenvalue weighted by Crippen LogP contribution is -2.29. The Kier molecular flexibility index (Phi) is 4.95. The van der Waals surface area contributed by atoms with E-state index in [-0.39, 0.29) is 18.1 Å². The summed E-state index contributed by atoms with van der Waals surface area (Å²) in [5, 5.41) is 19.3. The number of aromatic amines is 1. The van der Waals surface area contributed by atoms with Crippen LogP contribution in [0.5, 0.6) is 0 Å². The lowest BCUT2D eigenvalue weighted by molar-refractivity contribution is -0.384. The standard InChI is InChI=1S/C24H17ClN4O3/c25-19-12-5-4-9-17(19)14-28-23(16-10-6-11-18(13-16)29(31)32)20-21(15-7-2-1-3-8-15)26-27-22(20)24(28)30/h1-13,23H,14H2,(H,26,27). The summed E-state index contributed by atoms with van der Waals surface area (Å²) < 4.78 is 0. The van der Waals surface area contributed by atoms with Crippen LogP contribution in [-0.4, -0.2) is 25.9 Å². The van der Waals surface area contributed by atoms with Crippen molar-refractivity contribution in [3.05, 3.63) is 116 Å². The van der Waals surface area contributed by atoms with Crippen molar-refractivity contribution in [3.63, 3.8) is 0 Å². The first-order chi connectivity index (χ1) is 15.5. The summed E-state index contributed by atoms with van der Waals surface area (Å²) >= 11 is 6.38. The molecule has 1 aliphatic heterocycles. The summed E-state index contributed by atoms with van der Waals surface area (Å²) in [5.41, 5.74) is 3.97. The third-order valence-corrected chi connectivity index (χ3v) is 5.98. The molecule has 8 heteroatoms. The first-order valence-electron chi connectivity index (χ1n) is 9.97. The Morgan fingerprint density at radius 2 is 1.78 bits per heavy atom. The first-order valence-corrected chi connectivity index (χ1v) is 10.3. The van der Waals surface area contributed by atoms with Crippen LogP contribution in [-0.2, 0) is 6.54 Å². The average Bonchev–Trinajstić information content (AvgIpc) is 3.35. The molecule has 1 aromatic heterocycles. The van der Waals surface area contributed by atoms with E-state index >= 15 is 0 Å². The molecule has 1 aliphatic rings. The van der Waals surface area contributed by atoms with Gasteiger partial charge in [-0.3, -0.25) is 20.0 Å². The second kappa shape index (κ2) is 7.94. The number of non-ortho nitro benzene ring substituents is 1. The number of fused-ring (bicyclic) bond motifs is 1. The molecule has 0 saturated carbocycles. The number of carbonyl (C=O) groups excluding carboxylic acids is 1. The summed E-state index contributed by atoms with van der Waals surface area (Å²) in [7, 11) is 0. The molecule has 158 valence electrons. The number of aromatic nitrogens is 2. The molecule has 0 bridgehead atoms. The van der Waals surface area contributed by atoms with Crippen LogP contribution >= 0.6 is 11.6 Å². The number of benzene rings is 3. The van der Waals surface area contributed by atoms with Gasteiger partial charge < -0.3 is 4.90 Å². The predicted octanol–water partition coefficient (Wildman–Crippen LogP) is 5.38. The van der Waals surface area contributed by atoms with E-state index in [0.717, 1.165) is 11.1 Å². The Balaban J connectivity index is 1.68. The minimum absolute atomic E-state index is 0.0363. The van der Waals surface area contributed by atoms with E-state index in [0.29, 0.717) is 27.5 Å². The highest BCUT2D eigenvalue weighted by atomic mass is 35.5. The first kappa shape index (κ1) is 20.0. The molecule has 1 N–H and O–H groups in total. The summed E-state index contributed by atoms with van der Waals surface area (Å²) in [6.07, 6.45) is 0. The van der Waals surface area contributed by atoms with E-state index in [2.05, 4.69) is 10.2 Å². The van der Waals surface area contributed by atoms with Crippen LogP contribution < -0.4 is 0 Å². The number of nitrogens with zero attached hydrogens (tertiary/aromatic N) is 3.